The van der Waals surface area contributed by atoms with Gasteiger partial charge in [-0.25, -0.2) is 0 Å². The lowest BCUT2D eigenvalue weighted by molar-refractivity contribution is -0.143. The maximum Gasteiger partial charge on any atom is 0.305 e. The number of esters is 1. The second-order valence-electron chi connectivity index (χ2n) is 18.2. The second-order valence-corrected chi connectivity index (χ2v) is 18.2. The Morgan fingerprint density at radius 1 is 0.458 bits per heavy atom. The van der Waals surface area contributed by atoms with E-state index in [9.17, 15) is 19.8 Å². The van der Waals surface area contributed by atoms with Gasteiger partial charge in [-0.3, -0.25) is 9.59 Å². The lowest BCUT2D eigenvalue weighted by Gasteiger charge is -2.20. The van der Waals surface area contributed by atoms with E-state index in [1.54, 1.807) is 6.08 Å². The molecule has 0 aliphatic rings. The zero-order valence-electron chi connectivity index (χ0n) is 39.7. The van der Waals surface area contributed by atoms with Crippen LogP contribution in [0, 0.1) is 0 Å². The van der Waals surface area contributed by atoms with Crippen LogP contribution >= 0.6 is 0 Å². The number of ether oxygens (including phenoxy) is 1. The molecule has 0 aliphatic carbocycles. The molecule has 0 fully saturated rings. The minimum atomic E-state index is -0.857. The summed E-state index contributed by atoms with van der Waals surface area (Å²) in [7, 11) is 0. The molecule has 0 aromatic heterocycles. The van der Waals surface area contributed by atoms with Crippen LogP contribution in [0.4, 0.5) is 0 Å². The summed E-state index contributed by atoms with van der Waals surface area (Å²) in [5.74, 6) is -0.106. The van der Waals surface area contributed by atoms with Gasteiger partial charge in [0.15, 0.2) is 0 Å². The first kappa shape index (κ1) is 57.6. The molecule has 2 unspecified atom stereocenters. The van der Waals surface area contributed by atoms with Crippen molar-refractivity contribution in [3.05, 3.63) is 12.2 Å². The van der Waals surface area contributed by atoms with Crippen molar-refractivity contribution in [3.8, 4) is 0 Å². The van der Waals surface area contributed by atoms with Gasteiger partial charge in [0.05, 0.1) is 25.4 Å². The Labute approximate surface area is 368 Å². The van der Waals surface area contributed by atoms with Gasteiger partial charge in [-0.2, -0.15) is 0 Å². The summed E-state index contributed by atoms with van der Waals surface area (Å²) < 4.78 is 5.47. The molecule has 0 heterocycles. The van der Waals surface area contributed by atoms with Crippen molar-refractivity contribution in [2.75, 3.05) is 13.2 Å². The molecule has 59 heavy (non-hydrogen) atoms. The third-order valence-corrected chi connectivity index (χ3v) is 12.3. The standard InChI is InChI=1S/C53H103NO5/c1-3-5-7-9-11-13-15-17-18-19-20-21-22-24-26-31-35-39-43-47-53(58)59-48-44-40-36-32-28-27-30-34-38-42-46-52(57)54-50(49-55)51(56)45-41-37-33-29-25-23-16-14-12-10-8-6-4-2/h41,45,50-51,55-56H,3-40,42-44,46-49H2,1-2H3,(H,54,57)/b45-41+. The molecular weight excluding hydrogens is 731 g/mol. The van der Waals surface area contributed by atoms with E-state index in [0.717, 1.165) is 57.8 Å². The van der Waals surface area contributed by atoms with Crippen molar-refractivity contribution in [1.29, 1.82) is 0 Å². The van der Waals surface area contributed by atoms with Gasteiger partial charge >= 0.3 is 5.97 Å². The van der Waals surface area contributed by atoms with E-state index in [-0.39, 0.29) is 18.5 Å². The Bertz CT molecular complexity index is 878. The molecule has 2 atom stereocenters. The lowest BCUT2D eigenvalue weighted by Crippen LogP contribution is -2.45. The van der Waals surface area contributed by atoms with E-state index < -0.39 is 12.1 Å². The summed E-state index contributed by atoms with van der Waals surface area (Å²) in [5.41, 5.74) is 0. The monoisotopic (exact) mass is 834 g/mol. The topological polar surface area (TPSA) is 95.9 Å². The quantitative estimate of drug-likeness (QED) is 0.0322. The zero-order chi connectivity index (χ0) is 43.0. The summed E-state index contributed by atoms with van der Waals surface area (Å²) in [4.78, 5) is 24.5. The fraction of sp³-hybridized carbons (Fsp3) is 0.925. The summed E-state index contributed by atoms with van der Waals surface area (Å²) in [6.07, 6.45) is 56.4. The molecule has 3 N–H and O–H groups in total. The number of hydrogen-bond donors (Lipinski definition) is 3. The van der Waals surface area contributed by atoms with Crippen molar-refractivity contribution >= 4 is 11.9 Å². The van der Waals surface area contributed by atoms with Gasteiger partial charge < -0.3 is 20.3 Å². The van der Waals surface area contributed by atoms with Crippen LogP contribution in [-0.4, -0.2) is 47.4 Å². The lowest BCUT2D eigenvalue weighted by atomic mass is 10.0. The normalized spacial score (nSPS) is 12.7. The van der Waals surface area contributed by atoms with Crippen molar-refractivity contribution in [2.45, 2.75) is 302 Å². The molecule has 0 aromatic rings. The Hall–Kier alpha value is -1.40. The number of rotatable bonds is 49. The van der Waals surface area contributed by atoms with Gasteiger partial charge in [0, 0.05) is 12.8 Å². The Balaban J connectivity index is 3.46. The van der Waals surface area contributed by atoms with Gasteiger partial charge in [-0.1, -0.05) is 257 Å². The van der Waals surface area contributed by atoms with E-state index >= 15 is 0 Å². The molecule has 1 amide bonds. The zero-order valence-corrected chi connectivity index (χ0v) is 39.7. The number of amides is 1. The van der Waals surface area contributed by atoms with E-state index in [2.05, 4.69) is 19.2 Å². The van der Waals surface area contributed by atoms with Crippen molar-refractivity contribution < 1.29 is 24.5 Å². The predicted octanol–water partition coefficient (Wildman–Crippen LogP) is 15.7. The van der Waals surface area contributed by atoms with Gasteiger partial charge in [0.2, 0.25) is 5.91 Å². The van der Waals surface area contributed by atoms with E-state index in [0.29, 0.717) is 19.4 Å². The SMILES string of the molecule is CCCCCCCCCCCCC/C=C/C(O)C(CO)NC(=O)CCCCCCCCCCCCOC(=O)CCCCCCCCCCCCCCCCCCCCC. The Morgan fingerprint density at radius 3 is 1.15 bits per heavy atom. The van der Waals surface area contributed by atoms with Crippen LogP contribution in [0.3, 0.4) is 0 Å². The smallest absolute Gasteiger partial charge is 0.305 e. The number of aliphatic hydroxyl groups excluding tert-OH is 2. The second kappa shape index (κ2) is 49.3. The minimum Gasteiger partial charge on any atom is -0.466 e. The van der Waals surface area contributed by atoms with Crippen LogP contribution in [0.2, 0.25) is 0 Å². The maximum absolute atomic E-state index is 12.4. The number of carbonyl (C=O) groups excluding carboxylic acids is 2. The first-order valence-electron chi connectivity index (χ1n) is 26.5. The Kier molecular flexibility index (Phi) is 48.1. The highest BCUT2D eigenvalue weighted by Gasteiger charge is 2.18. The fourth-order valence-electron chi connectivity index (χ4n) is 8.22. The average Bonchev–Trinajstić information content (AvgIpc) is 3.24. The molecule has 0 aromatic carbocycles. The molecule has 0 radical (unpaired) electrons. The summed E-state index contributed by atoms with van der Waals surface area (Å²) in [5, 5.41) is 23.0. The fourth-order valence-corrected chi connectivity index (χ4v) is 8.22. The summed E-state index contributed by atoms with van der Waals surface area (Å²) >= 11 is 0. The van der Waals surface area contributed by atoms with E-state index in [4.69, 9.17) is 4.74 Å². The number of allylic oxidation sites excluding steroid dienone is 1. The van der Waals surface area contributed by atoms with E-state index in [1.807, 2.05) is 6.08 Å². The molecule has 0 spiro atoms. The molecule has 0 aliphatic heterocycles. The third-order valence-electron chi connectivity index (χ3n) is 12.3. The molecule has 6 nitrogen and oxygen atoms in total. The first-order chi connectivity index (χ1) is 29.0. The number of hydrogen-bond acceptors (Lipinski definition) is 5. The highest BCUT2D eigenvalue weighted by molar-refractivity contribution is 5.76. The van der Waals surface area contributed by atoms with E-state index in [1.165, 1.54) is 205 Å². The van der Waals surface area contributed by atoms with Crippen LogP contribution in [0.15, 0.2) is 12.2 Å². The molecule has 0 saturated heterocycles. The van der Waals surface area contributed by atoms with Gasteiger partial charge in [0.1, 0.15) is 0 Å². The highest BCUT2D eigenvalue weighted by atomic mass is 16.5. The molecule has 0 saturated carbocycles. The Morgan fingerprint density at radius 2 is 0.780 bits per heavy atom. The predicted molar refractivity (Wildman–Crippen MR) is 255 cm³/mol. The highest BCUT2D eigenvalue weighted by Crippen LogP contribution is 2.17. The van der Waals surface area contributed by atoms with Crippen molar-refractivity contribution in [1.82, 2.24) is 5.32 Å². The number of nitrogens with one attached hydrogen (secondary N) is 1. The molecular formula is C53H103NO5. The van der Waals surface area contributed by atoms with Crippen molar-refractivity contribution in [2.24, 2.45) is 0 Å². The molecule has 350 valence electrons. The van der Waals surface area contributed by atoms with Gasteiger partial charge in [0.25, 0.3) is 0 Å². The molecule has 0 bridgehead atoms. The largest absolute Gasteiger partial charge is 0.466 e. The number of unbranched alkanes of at least 4 members (excludes halogenated alkanes) is 38. The van der Waals surface area contributed by atoms with Crippen molar-refractivity contribution in [3.63, 3.8) is 0 Å². The van der Waals surface area contributed by atoms with Crippen LogP contribution in [0.25, 0.3) is 0 Å². The summed E-state index contributed by atoms with van der Waals surface area (Å²) in [6.45, 7) is 4.86. The average molecular weight is 834 g/mol. The maximum atomic E-state index is 12.4. The molecule has 6 heteroatoms. The van der Waals surface area contributed by atoms with Gasteiger partial charge in [-0.05, 0) is 32.1 Å². The van der Waals surface area contributed by atoms with Crippen LogP contribution in [-0.2, 0) is 14.3 Å². The van der Waals surface area contributed by atoms with Crippen LogP contribution < -0.4 is 5.32 Å². The first-order valence-corrected chi connectivity index (χ1v) is 26.5. The minimum absolute atomic E-state index is 0.0161. The summed E-state index contributed by atoms with van der Waals surface area (Å²) in [6, 6.07) is -0.642. The van der Waals surface area contributed by atoms with Crippen LogP contribution in [0.1, 0.15) is 290 Å². The number of carbonyl (C=O) groups is 2. The van der Waals surface area contributed by atoms with Crippen LogP contribution in [0.5, 0.6) is 0 Å². The number of aliphatic hydroxyl groups is 2. The molecule has 0 rings (SSSR count). The van der Waals surface area contributed by atoms with Gasteiger partial charge in [-0.15, -0.1) is 0 Å². The third kappa shape index (κ3) is 45.9.